The highest BCUT2D eigenvalue weighted by atomic mass is 19.1. The molecular weight excluding hydrogens is 255 g/mol. The Morgan fingerprint density at radius 3 is 2.70 bits per heavy atom. The van der Waals surface area contributed by atoms with Gasteiger partial charge in [0.05, 0.1) is 12.8 Å². The molecule has 108 valence electrons. The third kappa shape index (κ3) is 3.92. The van der Waals surface area contributed by atoms with E-state index in [0.717, 1.165) is 30.8 Å². The molecule has 0 saturated heterocycles. The summed E-state index contributed by atoms with van der Waals surface area (Å²) in [6, 6.07) is 10.8. The van der Waals surface area contributed by atoms with Gasteiger partial charge in [-0.1, -0.05) is 18.2 Å². The van der Waals surface area contributed by atoms with Gasteiger partial charge in [-0.15, -0.1) is 0 Å². The molecule has 3 nitrogen and oxygen atoms in total. The van der Waals surface area contributed by atoms with Crippen LogP contribution in [0.3, 0.4) is 0 Å². The Morgan fingerprint density at radius 1 is 1.25 bits per heavy atom. The Morgan fingerprint density at radius 2 is 2.05 bits per heavy atom. The summed E-state index contributed by atoms with van der Waals surface area (Å²) in [5.74, 6) is 0.792. The fraction of sp³-hybridized carbons (Fsp3) is 0.375. The molecule has 0 bridgehead atoms. The van der Waals surface area contributed by atoms with E-state index in [-0.39, 0.29) is 11.9 Å². The van der Waals surface area contributed by atoms with Crippen LogP contribution in [0.2, 0.25) is 0 Å². The van der Waals surface area contributed by atoms with Crippen LogP contribution in [0.4, 0.5) is 4.39 Å². The molecule has 1 unspecified atom stereocenters. The molecule has 4 heteroatoms. The summed E-state index contributed by atoms with van der Waals surface area (Å²) in [6.45, 7) is 1.63. The van der Waals surface area contributed by atoms with Crippen LogP contribution in [0, 0.1) is 5.82 Å². The number of furan rings is 1. The molecule has 0 radical (unpaired) electrons. The monoisotopic (exact) mass is 276 g/mol. The van der Waals surface area contributed by atoms with Crippen LogP contribution in [0.25, 0.3) is 0 Å². The van der Waals surface area contributed by atoms with Crippen molar-refractivity contribution in [3.05, 3.63) is 59.8 Å². The Kier molecular flexibility index (Phi) is 5.32. The Balaban J connectivity index is 1.89. The topological polar surface area (TPSA) is 28.4 Å². The minimum Gasteiger partial charge on any atom is -0.468 e. The summed E-state index contributed by atoms with van der Waals surface area (Å²) in [6.07, 6.45) is 2.52. The van der Waals surface area contributed by atoms with Crippen molar-refractivity contribution < 1.29 is 8.81 Å². The van der Waals surface area contributed by atoms with Crippen LogP contribution in [-0.2, 0) is 6.54 Å². The molecule has 0 spiro atoms. The fourth-order valence-electron chi connectivity index (χ4n) is 2.31. The van der Waals surface area contributed by atoms with Crippen LogP contribution in [0.1, 0.15) is 23.8 Å². The summed E-state index contributed by atoms with van der Waals surface area (Å²) < 4.78 is 19.1. The molecule has 1 aromatic carbocycles. The van der Waals surface area contributed by atoms with Crippen molar-refractivity contribution in [2.45, 2.75) is 19.0 Å². The second kappa shape index (κ2) is 7.22. The van der Waals surface area contributed by atoms with Crippen LogP contribution in [0.15, 0.2) is 47.1 Å². The van der Waals surface area contributed by atoms with E-state index >= 15 is 0 Å². The van der Waals surface area contributed by atoms with Gasteiger partial charge in [-0.25, -0.2) is 4.39 Å². The van der Waals surface area contributed by atoms with E-state index in [9.17, 15) is 4.39 Å². The Bertz CT molecular complexity index is 513. The quantitative estimate of drug-likeness (QED) is 0.842. The SMILES string of the molecule is CNC(CCN(C)Cc1ccco1)c1ccccc1F. The number of hydrogen-bond acceptors (Lipinski definition) is 3. The number of rotatable bonds is 7. The molecule has 1 heterocycles. The van der Waals surface area contributed by atoms with Crippen LogP contribution < -0.4 is 5.32 Å². The number of benzene rings is 1. The maximum atomic E-state index is 13.8. The molecule has 0 fully saturated rings. The van der Waals surface area contributed by atoms with E-state index in [1.165, 1.54) is 6.07 Å². The summed E-state index contributed by atoms with van der Waals surface area (Å²) in [5.41, 5.74) is 0.724. The predicted molar refractivity (Wildman–Crippen MR) is 77.9 cm³/mol. The standard InChI is InChI=1S/C16H21FN2O/c1-18-16(14-7-3-4-8-15(14)17)9-10-19(2)12-13-6-5-11-20-13/h3-8,11,16,18H,9-10,12H2,1-2H3. The molecule has 1 N–H and O–H groups in total. The van der Waals surface area contributed by atoms with E-state index in [1.54, 1.807) is 12.3 Å². The van der Waals surface area contributed by atoms with Crippen molar-refractivity contribution >= 4 is 0 Å². The molecule has 0 aliphatic heterocycles. The maximum absolute atomic E-state index is 13.8. The van der Waals surface area contributed by atoms with Gasteiger partial charge in [0.2, 0.25) is 0 Å². The molecule has 0 aliphatic rings. The lowest BCUT2D eigenvalue weighted by Crippen LogP contribution is -2.25. The van der Waals surface area contributed by atoms with Crippen molar-refractivity contribution in [2.75, 3.05) is 20.6 Å². The average molecular weight is 276 g/mol. The van der Waals surface area contributed by atoms with Crippen molar-refractivity contribution in [1.29, 1.82) is 0 Å². The third-order valence-electron chi connectivity index (χ3n) is 3.43. The van der Waals surface area contributed by atoms with E-state index < -0.39 is 0 Å². The molecule has 0 amide bonds. The van der Waals surface area contributed by atoms with Crippen LogP contribution >= 0.6 is 0 Å². The first kappa shape index (κ1) is 14.8. The molecule has 2 rings (SSSR count). The Hall–Kier alpha value is -1.65. The third-order valence-corrected chi connectivity index (χ3v) is 3.43. The van der Waals surface area contributed by atoms with E-state index in [4.69, 9.17) is 4.42 Å². The summed E-state index contributed by atoms with van der Waals surface area (Å²) >= 11 is 0. The molecule has 0 saturated carbocycles. The van der Waals surface area contributed by atoms with Gasteiger partial charge in [-0.05, 0) is 38.7 Å². The highest BCUT2D eigenvalue weighted by Crippen LogP contribution is 2.20. The first-order chi connectivity index (χ1) is 9.70. The lowest BCUT2D eigenvalue weighted by molar-refractivity contribution is 0.277. The van der Waals surface area contributed by atoms with Gasteiger partial charge in [0.25, 0.3) is 0 Å². The summed E-state index contributed by atoms with van der Waals surface area (Å²) in [7, 11) is 3.90. The summed E-state index contributed by atoms with van der Waals surface area (Å²) in [4.78, 5) is 2.17. The lowest BCUT2D eigenvalue weighted by Gasteiger charge is -2.21. The highest BCUT2D eigenvalue weighted by molar-refractivity contribution is 5.21. The minimum absolute atomic E-state index is 0.0234. The number of nitrogens with one attached hydrogen (secondary N) is 1. The second-order valence-electron chi connectivity index (χ2n) is 4.97. The van der Waals surface area contributed by atoms with Gasteiger partial charge >= 0.3 is 0 Å². The van der Waals surface area contributed by atoms with Crippen LogP contribution in [-0.4, -0.2) is 25.5 Å². The van der Waals surface area contributed by atoms with Crippen molar-refractivity contribution in [2.24, 2.45) is 0 Å². The molecule has 1 atom stereocenters. The van der Waals surface area contributed by atoms with Gasteiger partial charge in [-0.2, -0.15) is 0 Å². The highest BCUT2D eigenvalue weighted by Gasteiger charge is 2.14. The number of hydrogen-bond donors (Lipinski definition) is 1. The van der Waals surface area contributed by atoms with Crippen molar-refractivity contribution in [3.8, 4) is 0 Å². The maximum Gasteiger partial charge on any atom is 0.127 e. The van der Waals surface area contributed by atoms with Crippen molar-refractivity contribution in [3.63, 3.8) is 0 Å². The van der Waals surface area contributed by atoms with Gasteiger partial charge in [0.1, 0.15) is 11.6 Å². The first-order valence-corrected chi connectivity index (χ1v) is 6.83. The predicted octanol–water partition coefficient (Wildman–Crippen LogP) is 3.20. The van der Waals surface area contributed by atoms with Gasteiger partial charge in [-0.3, -0.25) is 4.90 Å². The van der Waals surface area contributed by atoms with E-state index in [2.05, 4.69) is 10.2 Å². The van der Waals surface area contributed by atoms with Gasteiger partial charge in [0, 0.05) is 18.2 Å². The summed E-state index contributed by atoms with van der Waals surface area (Å²) in [5, 5.41) is 3.18. The first-order valence-electron chi connectivity index (χ1n) is 6.83. The zero-order valence-electron chi connectivity index (χ0n) is 12.0. The molecule has 2 aromatic rings. The molecule has 20 heavy (non-hydrogen) atoms. The number of halogens is 1. The minimum atomic E-state index is -0.152. The largest absolute Gasteiger partial charge is 0.468 e. The smallest absolute Gasteiger partial charge is 0.127 e. The second-order valence-corrected chi connectivity index (χ2v) is 4.97. The Labute approximate surface area is 119 Å². The lowest BCUT2D eigenvalue weighted by atomic mass is 10.0. The average Bonchev–Trinajstić information content (AvgIpc) is 2.94. The zero-order valence-corrected chi connectivity index (χ0v) is 12.0. The van der Waals surface area contributed by atoms with Gasteiger partial charge in [0.15, 0.2) is 0 Å². The van der Waals surface area contributed by atoms with Crippen molar-refractivity contribution in [1.82, 2.24) is 10.2 Å². The van der Waals surface area contributed by atoms with E-state index in [1.807, 2.05) is 38.4 Å². The zero-order chi connectivity index (χ0) is 14.4. The normalized spacial score (nSPS) is 12.8. The molecule has 1 aromatic heterocycles. The van der Waals surface area contributed by atoms with E-state index in [0.29, 0.717) is 0 Å². The molecular formula is C16H21FN2O. The number of nitrogens with zero attached hydrogens (tertiary/aromatic N) is 1. The van der Waals surface area contributed by atoms with Crippen LogP contribution in [0.5, 0.6) is 0 Å². The van der Waals surface area contributed by atoms with Gasteiger partial charge < -0.3 is 9.73 Å². The fourth-order valence-corrected chi connectivity index (χ4v) is 2.31. The molecule has 0 aliphatic carbocycles.